The number of amides is 1. The smallest absolute Gasteiger partial charge is 0.223 e. The number of nitrogens with zero attached hydrogens (tertiary/aromatic N) is 1. The molecule has 0 saturated heterocycles. The number of carbonyl (C=O) groups is 1. The van der Waals surface area contributed by atoms with Crippen molar-refractivity contribution in [2.24, 2.45) is 5.41 Å². The van der Waals surface area contributed by atoms with Crippen LogP contribution in [0.5, 0.6) is 0 Å². The summed E-state index contributed by atoms with van der Waals surface area (Å²) in [6.07, 6.45) is 0.587. The molecule has 0 radical (unpaired) electrons. The van der Waals surface area contributed by atoms with Crippen LogP contribution in [0.1, 0.15) is 27.2 Å². The van der Waals surface area contributed by atoms with Crippen LogP contribution in [-0.4, -0.2) is 42.9 Å². The molecule has 0 bridgehead atoms. The predicted molar refractivity (Wildman–Crippen MR) is 66.3 cm³/mol. The highest BCUT2D eigenvalue weighted by Gasteiger charge is 2.20. The zero-order valence-corrected chi connectivity index (χ0v) is 11.8. The van der Waals surface area contributed by atoms with Crippen molar-refractivity contribution >= 4 is 21.8 Å². The van der Waals surface area contributed by atoms with Gasteiger partial charge in [-0.2, -0.15) is 0 Å². The van der Waals surface area contributed by atoms with Crippen molar-refractivity contribution in [2.75, 3.05) is 32.1 Å². The highest BCUT2D eigenvalue weighted by Crippen LogP contribution is 2.19. The van der Waals surface area contributed by atoms with Gasteiger partial charge in [0, 0.05) is 32.0 Å². The molecular formula is C11H22BrNO2. The molecule has 0 unspecified atom stereocenters. The Labute approximate surface area is 101 Å². The Kier molecular flexibility index (Phi) is 7.18. The molecule has 0 saturated carbocycles. The summed E-state index contributed by atoms with van der Waals surface area (Å²) < 4.78 is 4.99. The largest absolute Gasteiger partial charge is 0.383 e. The average molecular weight is 280 g/mol. The van der Waals surface area contributed by atoms with Gasteiger partial charge in [-0.05, 0) is 5.41 Å². The Morgan fingerprint density at radius 2 is 1.93 bits per heavy atom. The Morgan fingerprint density at radius 3 is 2.33 bits per heavy atom. The normalized spacial score (nSPS) is 11.5. The van der Waals surface area contributed by atoms with Crippen molar-refractivity contribution in [3.63, 3.8) is 0 Å². The summed E-state index contributed by atoms with van der Waals surface area (Å²) in [4.78, 5) is 13.8. The van der Waals surface area contributed by atoms with Crippen molar-refractivity contribution in [3.8, 4) is 0 Å². The second kappa shape index (κ2) is 7.23. The van der Waals surface area contributed by atoms with Crippen molar-refractivity contribution < 1.29 is 9.53 Å². The van der Waals surface area contributed by atoms with Crippen LogP contribution in [0.4, 0.5) is 0 Å². The first-order valence-electron chi connectivity index (χ1n) is 5.23. The number of alkyl halides is 1. The minimum absolute atomic E-state index is 0.0503. The van der Waals surface area contributed by atoms with Crippen molar-refractivity contribution in [2.45, 2.75) is 27.2 Å². The number of hydrogen-bond acceptors (Lipinski definition) is 2. The van der Waals surface area contributed by atoms with Gasteiger partial charge in [0.1, 0.15) is 0 Å². The molecule has 0 aromatic carbocycles. The average Bonchev–Trinajstić information content (AvgIpc) is 2.09. The zero-order valence-electron chi connectivity index (χ0n) is 10.2. The van der Waals surface area contributed by atoms with E-state index in [1.54, 1.807) is 7.11 Å². The number of hydrogen-bond donors (Lipinski definition) is 0. The Balaban J connectivity index is 4.15. The topological polar surface area (TPSA) is 29.5 Å². The number of carbonyl (C=O) groups excluding carboxylic acids is 1. The van der Waals surface area contributed by atoms with Crippen LogP contribution in [0, 0.1) is 5.41 Å². The molecule has 0 aromatic rings. The number of ether oxygens (including phenoxy) is 1. The Hall–Kier alpha value is -0.0900. The fourth-order valence-corrected chi connectivity index (χ4v) is 1.66. The molecule has 90 valence electrons. The maximum absolute atomic E-state index is 11.9. The van der Waals surface area contributed by atoms with Gasteiger partial charge < -0.3 is 9.64 Å². The second-order valence-corrected chi connectivity index (χ2v) is 5.59. The standard InChI is InChI=1S/C11H22BrNO2/c1-11(2,3)9-10(14)13(6-5-12)7-8-15-4/h5-9H2,1-4H3. The highest BCUT2D eigenvalue weighted by molar-refractivity contribution is 9.09. The minimum atomic E-state index is 0.0503. The molecule has 0 aliphatic rings. The van der Waals surface area contributed by atoms with Gasteiger partial charge in [0.25, 0.3) is 0 Å². The number of halogens is 1. The lowest BCUT2D eigenvalue weighted by Gasteiger charge is -2.25. The summed E-state index contributed by atoms with van der Waals surface area (Å²) in [5.41, 5.74) is 0.0503. The SMILES string of the molecule is COCCN(CCBr)C(=O)CC(C)(C)C. The van der Waals surface area contributed by atoms with E-state index in [4.69, 9.17) is 4.74 Å². The third kappa shape index (κ3) is 7.79. The van der Waals surface area contributed by atoms with E-state index in [0.29, 0.717) is 19.6 Å². The first-order chi connectivity index (χ1) is 6.90. The lowest BCUT2D eigenvalue weighted by molar-refractivity contribution is -0.133. The third-order valence-electron chi connectivity index (χ3n) is 1.95. The molecule has 15 heavy (non-hydrogen) atoms. The van der Waals surface area contributed by atoms with E-state index in [1.807, 2.05) is 4.90 Å². The van der Waals surface area contributed by atoms with Gasteiger partial charge in [0.15, 0.2) is 0 Å². The van der Waals surface area contributed by atoms with Crippen LogP contribution in [0.3, 0.4) is 0 Å². The van der Waals surface area contributed by atoms with Gasteiger partial charge in [-0.3, -0.25) is 4.79 Å². The van der Waals surface area contributed by atoms with Gasteiger partial charge in [-0.25, -0.2) is 0 Å². The summed E-state index contributed by atoms with van der Waals surface area (Å²) in [5, 5.41) is 0.812. The summed E-state index contributed by atoms with van der Waals surface area (Å²) >= 11 is 3.36. The molecule has 0 heterocycles. The molecule has 0 atom stereocenters. The Morgan fingerprint density at radius 1 is 1.33 bits per heavy atom. The van der Waals surface area contributed by atoms with Crippen LogP contribution < -0.4 is 0 Å². The van der Waals surface area contributed by atoms with Crippen LogP contribution in [-0.2, 0) is 9.53 Å². The van der Waals surface area contributed by atoms with E-state index in [2.05, 4.69) is 36.7 Å². The van der Waals surface area contributed by atoms with Crippen LogP contribution in [0.25, 0.3) is 0 Å². The molecule has 1 amide bonds. The van der Waals surface area contributed by atoms with E-state index in [-0.39, 0.29) is 11.3 Å². The van der Waals surface area contributed by atoms with Crippen LogP contribution in [0.15, 0.2) is 0 Å². The number of rotatable bonds is 6. The van der Waals surface area contributed by atoms with Crippen molar-refractivity contribution in [1.29, 1.82) is 0 Å². The molecule has 0 rings (SSSR count). The molecule has 4 heteroatoms. The maximum atomic E-state index is 11.9. The minimum Gasteiger partial charge on any atom is -0.383 e. The third-order valence-corrected chi connectivity index (χ3v) is 2.31. The summed E-state index contributed by atoms with van der Waals surface area (Å²) in [7, 11) is 1.65. The molecule has 0 N–H and O–H groups in total. The van der Waals surface area contributed by atoms with Gasteiger partial charge in [0.05, 0.1) is 6.61 Å². The first kappa shape index (κ1) is 14.9. The molecule has 0 aliphatic carbocycles. The molecule has 0 fully saturated rings. The Bertz CT molecular complexity index is 190. The summed E-state index contributed by atoms with van der Waals surface area (Å²) in [6.45, 7) is 8.26. The maximum Gasteiger partial charge on any atom is 0.223 e. The molecule has 0 aromatic heterocycles. The van der Waals surface area contributed by atoms with E-state index in [9.17, 15) is 4.79 Å². The summed E-state index contributed by atoms with van der Waals surface area (Å²) in [6, 6.07) is 0. The van der Waals surface area contributed by atoms with Crippen LogP contribution in [0.2, 0.25) is 0 Å². The molecule has 0 spiro atoms. The van der Waals surface area contributed by atoms with E-state index >= 15 is 0 Å². The van der Waals surface area contributed by atoms with Gasteiger partial charge in [-0.15, -0.1) is 0 Å². The van der Waals surface area contributed by atoms with Gasteiger partial charge in [0.2, 0.25) is 5.91 Å². The highest BCUT2D eigenvalue weighted by atomic mass is 79.9. The fraction of sp³-hybridized carbons (Fsp3) is 0.909. The van der Waals surface area contributed by atoms with E-state index in [1.165, 1.54) is 0 Å². The summed E-state index contributed by atoms with van der Waals surface area (Å²) in [5.74, 6) is 0.207. The molecular weight excluding hydrogens is 258 g/mol. The van der Waals surface area contributed by atoms with Gasteiger partial charge >= 0.3 is 0 Å². The monoisotopic (exact) mass is 279 g/mol. The lowest BCUT2D eigenvalue weighted by Crippen LogP contribution is -2.37. The molecule has 0 aliphatic heterocycles. The first-order valence-corrected chi connectivity index (χ1v) is 6.35. The van der Waals surface area contributed by atoms with E-state index < -0.39 is 0 Å². The zero-order chi connectivity index (χ0) is 11.9. The quantitative estimate of drug-likeness (QED) is 0.699. The van der Waals surface area contributed by atoms with Gasteiger partial charge in [-0.1, -0.05) is 36.7 Å². The predicted octanol–water partition coefficient (Wildman–Crippen LogP) is 2.29. The fourth-order valence-electron chi connectivity index (χ4n) is 1.23. The van der Waals surface area contributed by atoms with Crippen molar-refractivity contribution in [3.05, 3.63) is 0 Å². The molecule has 3 nitrogen and oxygen atoms in total. The second-order valence-electron chi connectivity index (χ2n) is 4.80. The van der Waals surface area contributed by atoms with Crippen LogP contribution >= 0.6 is 15.9 Å². The van der Waals surface area contributed by atoms with E-state index in [0.717, 1.165) is 11.9 Å². The van der Waals surface area contributed by atoms with Crippen molar-refractivity contribution in [1.82, 2.24) is 4.90 Å². The number of methoxy groups -OCH3 is 1. The lowest BCUT2D eigenvalue weighted by atomic mass is 9.91.